The molecule has 0 spiro atoms. The molecular weight excluding hydrogens is 319 g/mol. The SMILES string of the molecule is CCC1CCC(c2ccc(-c3ccc4cc(P)ccc4c3)cc2)CC1. The highest BCUT2D eigenvalue weighted by molar-refractivity contribution is 7.27. The molecule has 0 aromatic heterocycles. The van der Waals surface area contributed by atoms with E-state index in [0.29, 0.717) is 0 Å². The summed E-state index contributed by atoms with van der Waals surface area (Å²) >= 11 is 0. The van der Waals surface area contributed by atoms with Gasteiger partial charge in [-0.05, 0) is 82.4 Å². The maximum Gasteiger partial charge on any atom is -0.0162 e. The van der Waals surface area contributed by atoms with Crippen LogP contribution in [0.4, 0.5) is 0 Å². The third kappa shape index (κ3) is 3.65. The molecule has 1 atom stereocenters. The molecule has 1 saturated carbocycles. The lowest BCUT2D eigenvalue weighted by Gasteiger charge is -2.28. The molecule has 4 rings (SSSR count). The molecule has 0 amide bonds. The van der Waals surface area contributed by atoms with Crippen LogP contribution in [0.25, 0.3) is 21.9 Å². The van der Waals surface area contributed by atoms with Gasteiger partial charge in [-0.25, -0.2) is 0 Å². The fourth-order valence-corrected chi connectivity index (χ4v) is 4.57. The summed E-state index contributed by atoms with van der Waals surface area (Å²) in [6.45, 7) is 2.34. The summed E-state index contributed by atoms with van der Waals surface area (Å²) in [4.78, 5) is 0. The number of hydrogen-bond donors (Lipinski definition) is 0. The van der Waals surface area contributed by atoms with Crippen molar-refractivity contribution in [1.82, 2.24) is 0 Å². The molecule has 0 nitrogen and oxygen atoms in total. The Morgan fingerprint density at radius 3 is 2.12 bits per heavy atom. The third-order valence-electron chi connectivity index (χ3n) is 6.00. The van der Waals surface area contributed by atoms with Gasteiger partial charge in [0.15, 0.2) is 0 Å². The first kappa shape index (κ1) is 16.8. The van der Waals surface area contributed by atoms with Gasteiger partial charge in [-0.2, -0.15) is 0 Å². The van der Waals surface area contributed by atoms with Crippen LogP contribution in [-0.2, 0) is 0 Å². The standard InChI is InChI=1S/C24H27P/c1-2-17-3-5-18(6-4-17)19-7-9-20(10-8-19)21-11-12-23-16-24(25)14-13-22(23)15-21/h7-18H,2-6,25H2,1H3. The molecule has 1 unspecified atom stereocenters. The molecule has 25 heavy (non-hydrogen) atoms. The van der Waals surface area contributed by atoms with Gasteiger partial charge < -0.3 is 0 Å². The smallest absolute Gasteiger partial charge is 0.0162 e. The van der Waals surface area contributed by atoms with Crippen LogP contribution in [0, 0.1) is 5.92 Å². The van der Waals surface area contributed by atoms with Crippen molar-refractivity contribution in [2.45, 2.75) is 44.9 Å². The van der Waals surface area contributed by atoms with Crippen molar-refractivity contribution in [3.05, 3.63) is 66.2 Å². The Morgan fingerprint density at radius 2 is 1.40 bits per heavy atom. The summed E-state index contributed by atoms with van der Waals surface area (Å²) in [6.07, 6.45) is 6.90. The highest BCUT2D eigenvalue weighted by Crippen LogP contribution is 2.37. The van der Waals surface area contributed by atoms with Gasteiger partial charge in [0.1, 0.15) is 0 Å². The van der Waals surface area contributed by atoms with E-state index < -0.39 is 0 Å². The van der Waals surface area contributed by atoms with Crippen molar-refractivity contribution in [2.24, 2.45) is 5.92 Å². The Bertz CT molecular complexity index is 855. The van der Waals surface area contributed by atoms with E-state index >= 15 is 0 Å². The molecule has 0 aliphatic heterocycles. The highest BCUT2D eigenvalue weighted by Gasteiger charge is 2.21. The molecule has 0 bridgehead atoms. The number of hydrogen-bond acceptors (Lipinski definition) is 0. The van der Waals surface area contributed by atoms with E-state index in [9.17, 15) is 0 Å². The van der Waals surface area contributed by atoms with Gasteiger partial charge >= 0.3 is 0 Å². The van der Waals surface area contributed by atoms with Crippen LogP contribution in [-0.4, -0.2) is 0 Å². The minimum atomic E-state index is 0.772. The van der Waals surface area contributed by atoms with Crippen molar-refractivity contribution < 1.29 is 0 Å². The minimum absolute atomic E-state index is 0.772. The number of fused-ring (bicyclic) bond motifs is 1. The monoisotopic (exact) mass is 346 g/mol. The molecule has 3 aromatic carbocycles. The summed E-state index contributed by atoms with van der Waals surface area (Å²) < 4.78 is 0. The van der Waals surface area contributed by atoms with Crippen molar-refractivity contribution in [2.75, 3.05) is 0 Å². The van der Waals surface area contributed by atoms with Gasteiger partial charge in [0.05, 0.1) is 0 Å². The second kappa shape index (κ2) is 7.30. The molecule has 0 heterocycles. The van der Waals surface area contributed by atoms with Crippen molar-refractivity contribution >= 4 is 25.3 Å². The van der Waals surface area contributed by atoms with Crippen molar-refractivity contribution in [3.8, 4) is 11.1 Å². The molecule has 1 fully saturated rings. The Balaban J connectivity index is 1.55. The van der Waals surface area contributed by atoms with Gasteiger partial charge in [-0.3, -0.25) is 0 Å². The quantitative estimate of drug-likeness (QED) is 0.463. The average Bonchev–Trinajstić information content (AvgIpc) is 2.68. The van der Waals surface area contributed by atoms with Gasteiger partial charge in [-0.1, -0.05) is 61.9 Å². The maximum absolute atomic E-state index is 2.77. The second-order valence-electron chi connectivity index (χ2n) is 7.57. The fourth-order valence-electron chi connectivity index (χ4n) is 4.30. The second-order valence-corrected chi connectivity index (χ2v) is 8.24. The Kier molecular flexibility index (Phi) is 4.91. The van der Waals surface area contributed by atoms with Crippen molar-refractivity contribution in [3.63, 3.8) is 0 Å². The third-order valence-corrected chi connectivity index (χ3v) is 6.36. The van der Waals surface area contributed by atoms with Gasteiger partial charge in [0.2, 0.25) is 0 Å². The topological polar surface area (TPSA) is 0 Å². The molecule has 0 saturated heterocycles. The predicted octanol–water partition coefficient (Wildman–Crippen LogP) is 6.69. The molecular formula is C24H27P. The maximum atomic E-state index is 2.77. The number of benzene rings is 3. The zero-order chi connectivity index (χ0) is 17.2. The van der Waals surface area contributed by atoms with E-state index in [1.807, 2.05) is 0 Å². The van der Waals surface area contributed by atoms with E-state index in [1.165, 1.54) is 64.9 Å². The highest BCUT2D eigenvalue weighted by atomic mass is 31.0. The lowest BCUT2D eigenvalue weighted by molar-refractivity contribution is 0.319. The lowest BCUT2D eigenvalue weighted by atomic mass is 9.77. The van der Waals surface area contributed by atoms with Crippen molar-refractivity contribution in [1.29, 1.82) is 0 Å². The Labute approximate surface area is 153 Å². The van der Waals surface area contributed by atoms with Gasteiger partial charge in [-0.15, -0.1) is 9.24 Å². The fraction of sp³-hybridized carbons (Fsp3) is 0.333. The zero-order valence-electron chi connectivity index (χ0n) is 15.0. The van der Waals surface area contributed by atoms with Crippen LogP contribution in [0.1, 0.15) is 50.5 Å². The molecule has 1 aliphatic carbocycles. The van der Waals surface area contributed by atoms with Crippen LogP contribution in [0.15, 0.2) is 60.7 Å². The summed E-state index contributed by atoms with van der Waals surface area (Å²) in [6, 6.07) is 22.7. The molecule has 0 N–H and O–H groups in total. The van der Waals surface area contributed by atoms with E-state index in [0.717, 1.165) is 11.8 Å². The molecule has 1 aliphatic rings. The molecule has 3 aromatic rings. The largest absolute Gasteiger partial charge is 0.106 e. The summed E-state index contributed by atoms with van der Waals surface area (Å²) in [5, 5.41) is 3.86. The first-order valence-electron chi connectivity index (χ1n) is 9.62. The Hall–Kier alpha value is -1.65. The van der Waals surface area contributed by atoms with E-state index in [4.69, 9.17) is 0 Å². The lowest BCUT2D eigenvalue weighted by Crippen LogP contribution is -2.12. The van der Waals surface area contributed by atoms with Crippen LogP contribution < -0.4 is 5.30 Å². The summed E-state index contributed by atoms with van der Waals surface area (Å²) in [7, 11) is 2.77. The normalized spacial score (nSPS) is 20.7. The minimum Gasteiger partial charge on any atom is -0.106 e. The van der Waals surface area contributed by atoms with Gasteiger partial charge in [0.25, 0.3) is 0 Å². The van der Waals surface area contributed by atoms with Crippen LogP contribution >= 0.6 is 9.24 Å². The van der Waals surface area contributed by atoms with Crippen LogP contribution in [0.3, 0.4) is 0 Å². The first-order chi connectivity index (χ1) is 12.2. The Morgan fingerprint density at radius 1 is 0.760 bits per heavy atom. The molecule has 1 heteroatoms. The average molecular weight is 346 g/mol. The molecule has 128 valence electrons. The molecule has 0 radical (unpaired) electrons. The van der Waals surface area contributed by atoms with Crippen LogP contribution in [0.5, 0.6) is 0 Å². The number of rotatable bonds is 3. The summed E-state index contributed by atoms with van der Waals surface area (Å²) in [5.74, 6) is 1.74. The van der Waals surface area contributed by atoms with Gasteiger partial charge in [0, 0.05) is 0 Å². The van der Waals surface area contributed by atoms with E-state index in [2.05, 4.69) is 76.8 Å². The van der Waals surface area contributed by atoms with Crippen LogP contribution in [0.2, 0.25) is 0 Å². The summed E-state index contributed by atoms with van der Waals surface area (Å²) in [5.41, 5.74) is 4.17. The van der Waals surface area contributed by atoms with E-state index in [1.54, 1.807) is 0 Å². The van der Waals surface area contributed by atoms with E-state index in [-0.39, 0.29) is 0 Å². The predicted molar refractivity (Wildman–Crippen MR) is 114 cm³/mol. The zero-order valence-corrected chi connectivity index (χ0v) is 16.2. The first-order valence-corrected chi connectivity index (χ1v) is 10.2.